The molecule has 19 heavy (non-hydrogen) atoms. The summed E-state index contributed by atoms with van der Waals surface area (Å²) in [6, 6.07) is 4.19. The first-order valence-electron chi connectivity index (χ1n) is 5.01. The highest BCUT2D eigenvalue weighted by molar-refractivity contribution is 7.89. The van der Waals surface area contributed by atoms with Crippen LogP contribution < -0.4 is 16.2 Å². The fourth-order valence-corrected chi connectivity index (χ4v) is 2.35. The van der Waals surface area contributed by atoms with Crippen LogP contribution >= 0.6 is 11.6 Å². The average molecular weight is 300 g/mol. The lowest BCUT2D eigenvalue weighted by Gasteiger charge is -2.09. The molecule has 0 radical (unpaired) electrons. The first-order chi connectivity index (χ1) is 8.79. The maximum absolute atomic E-state index is 11.3. The Kier molecular flexibility index (Phi) is 3.31. The number of nitrogens with one attached hydrogen (secondary N) is 2. The Labute approximate surface area is 114 Å². The van der Waals surface area contributed by atoms with Crippen molar-refractivity contribution in [2.45, 2.75) is 4.90 Å². The number of nitrogens with zero attached hydrogens (tertiary/aromatic N) is 1. The zero-order chi connectivity index (χ0) is 14.2. The smallest absolute Gasteiger partial charge is 0.238 e. The van der Waals surface area contributed by atoms with E-state index in [1.807, 2.05) is 0 Å². The third-order valence-electron chi connectivity index (χ3n) is 2.39. The van der Waals surface area contributed by atoms with Gasteiger partial charge in [-0.3, -0.25) is 5.41 Å². The monoisotopic (exact) mass is 299 g/mol. The van der Waals surface area contributed by atoms with Gasteiger partial charge in [0.25, 0.3) is 0 Å². The Morgan fingerprint density at radius 3 is 2.63 bits per heavy atom. The molecule has 0 fully saturated rings. The van der Waals surface area contributed by atoms with Crippen molar-refractivity contribution in [1.82, 2.24) is 4.98 Å². The summed E-state index contributed by atoms with van der Waals surface area (Å²) in [5.74, 6) is -0.0884. The highest BCUT2D eigenvalue weighted by atomic mass is 35.5. The quantitative estimate of drug-likeness (QED) is 0.481. The number of benzene rings is 1. The van der Waals surface area contributed by atoms with Crippen LogP contribution in [0.1, 0.15) is 0 Å². The van der Waals surface area contributed by atoms with Crippen LogP contribution in [0.15, 0.2) is 29.3 Å². The van der Waals surface area contributed by atoms with Crippen molar-refractivity contribution in [3.63, 3.8) is 0 Å². The molecule has 0 saturated carbocycles. The van der Waals surface area contributed by atoms with Gasteiger partial charge in [-0.25, -0.2) is 18.5 Å². The minimum atomic E-state index is -3.84. The van der Waals surface area contributed by atoms with Crippen LogP contribution in [0.3, 0.4) is 0 Å². The summed E-state index contributed by atoms with van der Waals surface area (Å²) >= 11 is 5.98. The SMILES string of the molecule is N=C(N)Nc1ncc(Cl)c2ccc(S(N)(=O)=O)cc12. The average Bonchev–Trinajstić information content (AvgIpc) is 2.31. The molecule has 0 bridgehead atoms. The summed E-state index contributed by atoms with van der Waals surface area (Å²) in [5, 5.41) is 16.1. The minimum absolute atomic E-state index is 0.0735. The van der Waals surface area contributed by atoms with E-state index in [1.165, 1.54) is 24.4 Å². The highest BCUT2D eigenvalue weighted by Gasteiger charge is 2.13. The van der Waals surface area contributed by atoms with E-state index in [2.05, 4.69) is 10.3 Å². The van der Waals surface area contributed by atoms with Crippen LogP contribution in [0.2, 0.25) is 5.02 Å². The molecular formula is C10H10ClN5O2S. The van der Waals surface area contributed by atoms with Crippen molar-refractivity contribution in [1.29, 1.82) is 5.41 Å². The number of rotatable bonds is 2. The maximum Gasteiger partial charge on any atom is 0.238 e. The summed E-state index contributed by atoms with van der Waals surface area (Å²) < 4.78 is 22.7. The minimum Gasteiger partial charge on any atom is -0.370 e. The van der Waals surface area contributed by atoms with E-state index < -0.39 is 10.0 Å². The van der Waals surface area contributed by atoms with Gasteiger partial charge in [0.15, 0.2) is 5.96 Å². The first kappa shape index (κ1) is 13.5. The number of nitrogens with two attached hydrogens (primary N) is 2. The van der Waals surface area contributed by atoms with E-state index >= 15 is 0 Å². The molecule has 0 spiro atoms. The van der Waals surface area contributed by atoms with Gasteiger partial charge in [-0.15, -0.1) is 0 Å². The second kappa shape index (κ2) is 4.65. The zero-order valence-electron chi connectivity index (χ0n) is 9.51. The van der Waals surface area contributed by atoms with Crippen LogP contribution in [0.5, 0.6) is 0 Å². The highest BCUT2D eigenvalue weighted by Crippen LogP contribution is 2.29. The van der Waals surface area contributed by atoms with Crippen molar-refractivity contribution < 1.29 is 8.42 Å². The summed E-state index contributed by atoms with van der Waals surface area (Å²) in [6.45, 7) is 0. The standard InChI is InChI=1S/C10H10ClN5O2S/c11-8-4-15-9(16-10(12)13)7-3-5(19(14,17)18)1-2-6(7)8/h1-4H,(H2,14,17,18)(H4,12,13,15,16). The fourth-order valence-electron chi connectivity index (χ4n) is 1.59. The molecule has 1 aromatic heterocycles. The third-order valence-corrected chi connectivity index (χ3v) is 3.60. The Hall–Kier alpha value is -1.90. The predicted molar refractivity (Wildman–Crippen MR) is 73.7 cm³/mol. The summed E-state index contributed by atoms with van der Waals surface area (Å²) in [5.41, 5.74) is 5.23. The molecule has 100 valence electrons. The Balaban J connectivity index is 2.77. The second-order valence-corrected chi connectivity index (χ2v) is 5.71. The lowest BCUT2D eigenvalue weighted by Crippen LogP contribution is -2.21. The molecule has 2 aromatic rings. The molecular weight excluding hydrogens is 290 g/mol. The second-order valence-electron chi connectivity index (χ2n) is 3.75. The van der Waals surface area contributed by atoms with Crippen LogP contribution in [0.4, 0.5) is 5.82 Å². The van der Waals surface area contributed by atoms with Gasteiger partial charge in [0, 0.05) is 17.0 Å². The van der Waals surface area contributed by atoms with Gasteiger partial charge in [0.1, 0.15) is 5.82 Å². The molecule has 0 unspecified atom stereocenters. The molecule has 0 aliphatic rings. The number of halogens is 1. The number of pyridine rings is 1. The molecule has 1 aromatic carbocycles. The molecule has 0 aliphatic heterocycles. The Bertz CT molecular complexity index is 775. The molecule has 9 heteroatoms. The summed E-state index contributed by atoms with van der Waals surface area (Å²) in [4.78, 5) is 3.90. The number of sulfonamides is 1. The molecule has 0 atom stereocenters. The van der Waals surface area contributed by atoms with Crippen LogP contribution in [0, 0.1) is 5.41 Å². The van der Waals surface area contributed by atoms with Crippen molar-refractivity contribution in [3.05, 3.63) is 29.4 Å². The summed E-state index contributed by atoms with van der Waals surface area (Å²) in [7, 11) is -3.84. The number of fused-ring (bicyclic) bond motifs is 1. The van der Waals surface area contributed by atoms with E-state index in [9.17, 15) is 8.42 Å². The van der Waals surface area contributed by atoms with Gasteiger partial charge in [0.2, 0.25) is 10.0 Å². The van der Waals surface area contributed by atoms with Crippen molar-refractivity contribution in [3.8, 4) is 0 Å². The van der Waals surface area contributed by atoms with Crippen LogP contribution in [0.25, 0.3) is 10.8 Å². The topological polar surface area (TPSA) is 135 Å². The lowest BCUT2D eigenvalue weighted by molar-refractivity contribution is 0.598. The van der Waals surface area contributed by atoms with Gasteiger partial charge in [-0.2, -0.15) is 0 Å². The van der Waals surface area contributed by atoms with Gasteiger partial charge in [-0.1, -0.05) is 17.7 Å². The van der Waals surface area contributed by atoms with E-state index in [1.54, 1.807) is 0 Å². The van der Waals surface area contributed by atoms with Gasteiger partial charge < -0.3 is 11.1 Å². The summed E-state index contributed by atoms with van der Waals surface area (Å²) in [6.07, 6.45) is 1.38. The number of anilines is 1. The number of primary sulfonamides is 1. The van der Waals surface area contributed by atoms with Crippen molar-refractivity contribution >= 4 is 44.2 Å². The molecule has 2 rings (SSSR count). The molecule has 0 amide bonds. The maximum atomic E-state index is 11.3. The predicted octanol–water partition coefficient (Wildman–Crippen LogP) is 0.841. The first-order valence-corrected chi connectivity index (χ1v) is 6.93. The number of guanidine groups is 1. The van der Waals surface area contributed by atoms with Crippen molar-refractivity contribution in [2.24, 2.45) is 10.9 Å². The van der Waals surface area contributed by atoms with E-state index in [-0.39, 0.29) is 16.7 Å². The number of hydrogen-bond acceptors (Lipinski definition) is 4. The van der Waals surface area contributed by atoms with E-state index in [0.717, 1.165) is 0 Å². The lowest BCUT2D eigenvalue weighted by atomic mass is 10.1. The van der Waals surface area contributed by atoms with Gasteiger partial charge >= 0.3 is 0 Å². The molecule has 6 N–H and O–H groups in total. The van der Waals surface area contributed by atoms with Gasteiger partial charge in [0.05, 0.1) is 9.92 Å². The van der Waals surface area contributed by atoms with Gasteiger partial charge in [-0.05, 0) is 12.1 Å². The van der Waals surface area contributed by atoms with Crippen LogP contribution in [-0.4, -0.2) is 19.4 Å². The molecule has 0 aliphatic carbocycles. The Morgan fingerprint density at radius 1 is 1.37 bits per heavy atom. The van der Waals surface area contributed by atoms with E-state index in [0.29, 0.717) is 15.8 Å². The van der Waals surface area contributed by atoms with Crippen LogP contribution in [-0.2, 0) is 10.0 Å². The largest absolute Gasteiger partial charge is 0.370 e. The number of aromatic nitrogens is 1. The normalized spacial score (nSPS) is 11.5. The zero-order valence-corrected chi connectivity index (χ0v) is 11.1. The molecule has 1 heterocycles. The number of hydrogen-bond donors (Lipinski definition) is 4. The molecule has 0 saturated heterocycles. The van der Waals surface area contributed by atoms with E-state index in [4.69, 9.17) is 27.9 Å². The molecule has 7 nitrogen and oxygen atoms in total. The van der Waals surface area contributed by atoms with Crippen molar-refractivity contribution in [2.75, 3.05) is 5.32 Å². The Morgan fingerprint density at radius 2 is 2.05 bits per heavy atom. The third kappa shape index (κ3) is 2.75. The fraction of sp³-hybridized carbons (Fsp3) is 0.